The average molecular weight is 229 g/mol. The molecule has 0 aliphatic heterocycles. The Bertz CT molecular complexity index is 155. The van der Waals surface area contributed by atoms with Crippen molar-refractivity contribution in [1.82, 2.24) is 5.32 Å². The summed E-state index contributed by atoms with van der Waals surface area (Å²) in [6.45, 7) is 9.30. The van der Waals surface area contributed by atoms with Crippen LogP contribution in [0.2, 0.25) is 0 Å². The fraction of sp³-hybridized carbons (Fsp3) is 1.00. The normalized spacial score (nSPS) is 14.1. The summed E-state index contributed by atoms with van der Waals surface area (Å²) in [5.41, 5.74) is -0.502. The molecule has 2 nitrogen and oxygen atoms in total. The van der Waals surface area contributed by atoms with Gasteiger partial charge in [-0.3, -0.25) is 0 Å². The van der Waals surface area contributed by atoms with Crippen LogP contribution in [0.1, 0.15) is 72.6 Å². The van der Waals surface area contributed by atoms with E-state index in [4.69, 9.17) is 0 Å². The van der Waals surface area contributed by atoms with E-state index >= 15 is 0 Å². The Hall–Kier alpha value is -0.0800. The molecule has 0 amide bonds. The molecule has 0 aromatic heterocycles. The van der Waals surface area contributed by atoms with E-state index in [9.17, 15) is 5.11 Å². The predicted molar refractivity (Wildman–Crippen MR) is 71.8 cm³/mol. The molecule has 0 aromatic carbocycles. The van der Waals surface area contributed by atoms with Gasteiger partial charge in [-0.15, -0.1) is 0 Å². The van der Waals surface area contributed by atoms with E-state index in [-0.39, 0.29) is 0 Å². The van der Waals surface area contributed by atoms with Gasteiger partial charge in [0.2, 0.25) is 0 Å². The Balaban J connectivity index is 3.59. The van der Waals surface area contributed by atoms with E-state index in [1.165, 1.54) is 32.1 Å². The van der Waals surface area contributed by atoms with Crippen molar-refractivity contribution in [1.29, 1.82) is 0 Å². The zero-order valence-electron chi connectivity index (χ0n) is 11.7. The van der Waals surface area contributed by atoms with Crippen molar-refractivity contribution in [3.63, 3.8) is 0 Å². The standard InChI is InChI=1S/C14H31NO/c1-5-8-9-10-11-13(4)15-12-14(16,6-2)7-3/h13,15-16H,5-12H2,1-4H3. The molecule has 98 valence electrons. The summed E-state index contributed by atoms with van der Waals surface area (Å²) in [4.78, 5) is 0. The first-order valence-electron chi connectivity index (χ1n) is 7.03. The van der Waals surface area contributed by atoms with Crippen LogP contribution in [0.4, 0.5) is 0 Å². The highest BCUT2D eigenvalue weighted by molar-refractivity contribution is 4.79. The van der Waals surface area contributed by atoms with Gasteiger partial charge in [0.05, 0.1) is 5.60 Å². The second kappa shape index (κ2) is 9.00. The first-order valence-corrected chi connectivity index (χ1v) is 7.03. The Kier molecular flexibility index (Phi) is 8.96. The molecule has 0 aromatic rings. The number of hydrogen-bond donors (Lipinski definition) is 2. The van der Waals surface area contributed by atoms with Gasteiger partial charge in [-0.2, -0.15) is 0 Å². The van der Waals surface area contributed by atoms with Crippen molar-refractivity contribution in [2.75, 3.05) is 6.54 Å². The van der Waals surface area contributed by atoms with Gasteiger partial charge in [-0.1, -0.05) is 46.5 Å². The molecule has 0 rings (SSSR count). The van der Waals surface area contributed by atoms with E-state index in [1.807, 2.05) is 0 Å². The van der Waals surface area contributed by atoms with Gasteiger partial charge in [0.15, 0.2) is 0 Å². The minimum atomic E-state index is -0.502. The second-order valence-electron chi connectivity index (χ2n) is 5.06. The van der Waals surface area contributed by atoms with Crippen LogP contribution in [0.3, 0.4) is 0 Å². The van der Waals surface area contributed by atoms with Crippen LogP contribution in [0.5, 0.6) is 0 Å². The lowest BCUT2D eigenvalue weighted by Crippen LogP contribution is -2.42. The van der Waals surface area contributed by atoms with E-state index in [0.717, 1.165) is 19.4 Å². The third-order valence-electron chi connectivity index (χ3n) is 3.59. The molecular weight excluding hydrogens is 198 g/mol. The summed E-state index contributed by atoms with van der Waals surface area (Å²) in [6.07, 6.45) is 8.18. The highest BCUT2D eigenvalue weighted by Crippen LogP contribution is 2.14. The Labute approximate surface area is 102 Å². The van der Waals surface area contributed by atoms with E-state index in [0.29, 0.717) is 6.04 Å². The minimum Gasteiger partial charge on any atom is -0.389 e. The lowest BCUT2D eigenvalue weighted by Gasteiger charge is -2.27. The molecule has 0 heterocycles. The molecular formula is C14H31NO. The first kappa shape index (κ1) is 15.9. The molecule has 0 spiro atoms. The third-order valence-corrected chi connectivity index (χ3v) is 3.59. The number of nitrogens with one attached hydrogen (secondary N) is 1. The molecule has 0 aliphatic rings. The van der Waals surface area contributed by atoms with E-state index in [2.05, 4.69) is 33.0 Å². The van der Waals surface area contributed by atoms with Crippen molar-refractivity contribution in [2.24, 2.45) is 0 Å². The highest BCUT2D eigenvalue weighted by Gasteiger charge is 2.22. The lowest BCUT2D eigenvalue weighted by molar-refractivity contribution is 0.0300. The SMILES string of the molecule is CCCCCCC(C)NCC(O)(CC)CC. The molecule has 0 saturated heterocycles. The first-order chi connectivity index (χ1) is 7.58. The molecule has 0 saturated carbocycles. The minimum absolute atomic E-state index is 0.502. The average Bonchev–Trinajstić information content (AvgIpc) is 2.31. The van der Waals surface area contributed by atoms with E-state index in [1.54, 1.807) is 0 Å². The highest BCUT2D eigenvalue weighted by atomic mass is 16.3. The van der Waals surface area contributed by atoms with Crippen LogP contribution >= 0.6 is 0 Å². The Morgan fingerprint density at radius 3 is 2.19 bits per heavy atom. The van der Waals surface area contributed by atoms with Gasteiger partial charge in [-0.05, 0) is 26.2 Å². The van der Waals surface area contributed by atoms with Gasteiger partial charge in [0.1, 0.15) is 0 Å². The maximum absolute atomic E-state index is 10.1. The predicted octanol–water partition coefficient (Wildman–Crippen LogP) is 3.49. The molecule has 0 fully saturated rings. The topological polar surface area (TPSA) is 32.3 Å². The summed E-state index contributed by atoms with van der Waals surface area (Å²) in [6, 6.07) is 0.529. The quantitative estimate of drug-likeness (QED) is 0.562. The number of unbranched alkanes of at least 4 members (excludes halogenated alkanes) is 3. The van der Waals surface area contributed by atoms with Crippen LogP contribution < -0.4 is 5.32 Å². The third kappa shape index (κ3) is 7.24. The van der Waals surface area contributed by atoms with Crippen LogP contribution in [0.15, 0.2) is 0 Å². The van der Waals surface area contributed by atoms with Crippen molar-refractivity contribution in [3.05, 3.63) is 0 Å². The summed E-state index contributed by atoms with van der Waals surface area (Å²) in [5, 5.41) is 13.6. The molecule has 16 heavy (non-hydrogen) atoms. The molecule has 0 radical (unpaired) electrons. The molecule has 2 heteroatoms. The summed E-state index contributed by atoms with van der Waals surface area (Å²) < 4.78 is 0. The maximum Gasteiger partial charge on any atom is 0.0766 e. The zero-order valence-corrected chi connectivity index (χ0v) is 11.7. The van der Waals surface area contributed by atoms with Crippen LogP contribution in [-0.4, -0.2) is 23.3 Å². The lowest BCUT2D eigenvalue weighted by atomic mass is 9.97. The molecule has 1 unspecified atom stereocenters. The summed E-state index contributed by atoms with van der Waals surface area (Å²) in [5.74, 6) is 0. The van der Waals surface area contributed by atoms with E-state index < -0.39 is 5.60 Å². The molecule has 1 atom stereocenters. The van der Waals surface area contributed by atoms with Gasteiger partial charge >= 0.3 is 0 Å². The van der Waals surface area contributed by atoms with Crippen molar-refractivity contribution in [3.8, 4) is 0 Å². The van der Waals surface area contributed by atoms with Gasteiger partial charge in [-0.25, -0.2) is 0 Å². The van der Waals surface area contributed by atoms with Gasteiger partial charge < -0.3 is 10.4 Å². The zero-order chi connectivity index (χ0) is 12.4. The Morgan fingerprint density at radius 1 is 1.06 bits per heavy atom. The number of aliphatic hydroxyl groups is 1. The summed E-state index contributed by atoms with van der Waals surface area (Å²) >= 11 is 0. The fourth-order valence-corrected chi connectivity index (χ4v) is 1.84. The van der Waals surface area contributed by atoms with Gasteiger partial charge in [0, 0.05) is 12.6 Å². The second-order valence-corrected chi connectivity index (χ2v) is 5.06. The monoisotopic (exact) mass is 229 g/mol. The van der Waals surface area contributed by atoms with Crippen molar-refractivity contribution in [2.45, 2.75) is 84.3 Å². The van der Waals surface area contributed by atoms with Crippen molar-refractivity contribution < 1.29 is 5.11 Å². The molecule has 0 bridgehead atoms. The smallest absolute Gasteiger partial charge is 0.0766 e. The Morgan fingerprint density at radius 2 is 1.69 bits per heavy atom. The van der Waals surface area contributed by atoms with Crippen molar-refractivity contribution >= 4 is 0 Å². The van der Waals surface area contributed by atoms with Crippen LogP contribution in [0, 0.1) is 0 Å². The molecule has 2 N–H and O–H groups in total. The maximum atomic E-state index is 10.1. The molecule has 0 aliphatic carbocycles. The largest absolute Gasteiger partial charge is 0.389 e. The number of hydrogen-bond acceptors (Lipinski definition) is 2. The van der Waals surface area contributed by atoms with Crippen LogP contribution in [0.25, 0.3) is 0 Å². The van der Waals surface area contributed by atoms with Gasteiger partial charge in [0.25, 0.3) is 0 Å². The summed E-state index contributed by atoms with van der Waals surface area (Å²) in [7, 11) is 0. The fourth-order valence-electron chi connectivity index (χ4n) is 1.84. The number of rotatable bonds is 10. The van der Waals surface area contributed by atoms with Crippen LogP contribution in [-0.2, 0) is 0 Å².